The largest absolute Gasteiger partial charge is 0.206 e. The molecule has 1 aromatic carbocycles. The minimum Gasteiger partial charge on any atom is -0.206 e. The molecular weight excluding hydrogens is 251 g/mol. The maximum Gasteiger partial charge on any atom is 0.135 e. The van der Waals surface area contributed by atoms with Crippen LogP contribution in [-0.4, -0.2) is 0 Å². The van der Waals surface area contributed by atoms with Gasteiger partial charge in [-0.2, -0.15) is 0 Å². The molecule has 13 heavy (non-hydrogen) atoms. The van der Waals surface area contributed by atoms with Gasteiger partial charge in [0.15, 0.2) is 0 Å². The summed E-state index contributed by atoms with van der Waals surface area (Å²) in [7, 11) is 0. The van der Waals surface area contributed by atoms with Crippen molar-refractivity contribution < 1.29 is 4.39 Å². The Bertz CT molecular complexity index is 447. The van der Waals surface area contributed by atoms with Gasteiger partial charge in [0.1, 0.15) is 5.82 Å². The van der Waals surface area contributed by atoms with Crippen molar-refractivity contribution in [2.45, 2.75) is 13.3 Å². The topological polar surface area (TPSA) is 0 Å². The monoisotopic (exact) mass is 258 g/mol. The molecule has 0 radical (unpaired) electrons. The van der Waals surface area contributed by atoms with E-state index >= 15 is 0 Å². The van der Waals surface area contributed by atoms with Gasteiger partial charge in [-0.15, -0.1) is 11.3 Å². The fraction of sp³-hybridized carbons (Fsp3) is 0.200. The van der Waals surface area contributed by atoms with Crippen molar-refractivity contribution in [3.63, 3.8) is 0 Å². The Balaban J connectivity index is 2.85. The fourth-order valence-electron chi connectivity index (χ4n) is 1.38. The SMILES string of the molecule is CCc1cc(Br)c2sccc2c1F. The van der Waals surface area contributed by atoms with Gasteiger partial charge in [0, 0.05) is 9.86 Å². The predicted octanol–water partition coefficient (Wildman–Crippen LogP) is 4.37. The van der Waals surface area contributed by atoms with Crippen LogP contribution in [0.4, 0.5) is 4.39 Å². The van der Waals surface area contributed by atoms with Crippen molar-refractivity contribution in [1.29, 1.82) is 0 Å². The smallest absolute Gasteiger partial charge is 0.135 e. The van der Waals surface area contributed by atoms with Crippen molar-refractivity contribution in [1.82, 2.24) is 0 Å². The summed E-state index contributed by atoms with van der Waals surface area (Å²) in [6.45, 7) is 1.96. The van der Waals surface area contributed by atoms with Crippen molar-refractivity contribution in [3.05, 3.63) is 33.4 Å². The number of rotatable bonds is 1. The summed E-state index contributed by atoms with van der Waals surface area (Å²) in [6, 6.07) is 3.70. The molecule has 68 valence electrons. The summed E-state index contributed by atoms with van der Waals surface area (Å²) < 4.78 is 15.7. The zero-order valence-electron chi connectivity index (χ0n) is 7.10. The third-order valence-electron chi connectivity index (χ3n) is 2.08. The maximum absolute atomic E-state index is 13.7. The molecule has 0 saturated heterocycles. The Hall–Kier alpha value is -0.410. The summed E-state index contributed by atoms with van der Waals surface area (Å²) in [5.74, 6) is -0.0676. The first kappa shape index (κ1) is 9.16. The van der Waals surface area contributed by atoms with Crippen LogP contribution in [0.3, 0.4) is 0 Å². The van der Waals surface area contributed by atoms with E-state index in [9.17, 15) is 4.39 Å². The standard InChI is InChI=1S/C10H8BrFS/c1-2-6-5-8(11)10-7(9(6)12)3-4-13-10/h3-5H,2H2,1H3. The van der Waals surface area contributed by atoms with E-state index in [0.717, 1.165) is 26.5 Å². The van der Waals surface area contributed by atoms with Gasteiger partial charge in [0.05, 0.1) is 4.70 Å². The van der Waals surface area contributed by atoms with Crippen LogP contribution < -0.4 is 0 Å². The summed E-state index contributed by atoms with van der Waals surface area (Å²) in [6.07, 6.45) is 0.732. The van der Waals surface area contributed by atoms with Crippen LogP contribution >= 0.6 is 27.3 Å². The third-order valence-corrected chi connectivity index (χ3v) is 3.92. The lowest BCUT2D eigenvalue weighted by molar-refractivity contribution is 0.624. The molecule has 2 aromatic rings. The first-order valence-corrected chi connectivity index (χ1v) is 5.75. The van der Waals surface area contributed by atoms with Crippen LogP contribution in [0.5, 0.6) is 0 Å². The van der Waals surface area contributed by atoms with E-state index in [0.29, 0.717) is 0 Å². The van der Waals surface area contributed by atoms with Gasteiger partial charge in [0.2, 0.25) is 0 Å². The second-order valence-electron chi connectivity index (χ2n) is 2.85. The minimum absolute atomic E-state index is 0.0676. The highest BCUT2D eigenvalue weighted by molar-refractivity contribution is 9.10. The van der Waals surface area contributed by atoms with Gasteiger partial charge in [-0.1, -0.05) is 6.92 Å². The summed E-state index contributed by atoms with van der Waals surface area (Å²) in [4.78, 5) is 0. The number of benzene rings is 1. The second kappa shape index (κ2) is 3.39. The Morgan fingerprint density at radius 3 is 3.00 bits per heavy atom. The quantitative estimate of drug-likeness (QED) is 0.713. The number of fused-ring (bicyclic) bond motifs is 1. The Morgan fingerprint density at radius 1 is 1.54 bits per heavy atom. The van der Waals surface area contributed by atoms with Gasteiger partial charge in [-0.3, -0.25) is 0 Å². The molecule has 3 heteroatoms. The molecule has 0 bridgehead atoms. The number of thiophene rings is 1. The van der Waals surface area contributed by atoms with Crippen molar-refractivity contribution >= 4 is 37.4 Å². The Labute approximate surface area is 88.5 Å². The molecule has 0 nitrogen and oxygen atoms in total. The van der Waals surface area contributed by atoms with E-state index in [1.54, 1.807) is 11.3 Å². The maximum atomic E-state index is 13.7. The van der Waals surface area contributed by atoms with Crippen LogP contribution in [0, 0.1) is 5.82 Å². The number of halogens is 2. The molecule has 0 atom stereocenters. The van der Waals surface area contributed by atoms with Crippen LogP contribution in [0.15, 0.2) is 22.0 Å². The van der Waals surface area contributed by atoms with Crippen LogP contribution in [0.1, 0.15) is 12.5 Å². The molecule has 1 aromatic heterocycles. The number of hydrogen-bond donors (Lipinski definition) is 0. The van der Waals surface area contributed by atoms with Crippen molar-refractivity contribution in [2.75, 3.05) is 0 Å². The highest BCUT2D eigenvalue weighted by Crippen LogP contribution is 2.33. The average Bonchev–Trinajstić information content (AvgIpc) is 2.60. The normalized spacial score (nSPS) is 11.0. The Morgan fingerprint density at radius 2 is 2.31 bits per heavy atom. The lowest BCUT2D eigenvalue weighted by Crippen LogP contribution is -1.87. The molecule has 0 unspecified atom stereocenters. The van der Waals surface area contributed by atoms with Crippen LogP contribution in [-0.2, 0) is 6.42 Å². The molecule has 1 heterocycles. The van der Waals surface area contributed by atoms with E-state index < -0.39 is 0 Å². The first-order chi connectivity index (χ1) is 6.24. The lowest BCUT2D eigenvalue weighted by atomic mass is 10.1. The highest BCUT2D eigenvalue weighted by Gasteiger charge is 2.09. The molecular formula is C10H8BrFS. The van der Waals surface area contributed by atoms with Gasteiger partial charge >= 0.3 is 0 Å². The van der Waals surface area contributed by atoms with Gasteiger partial charge < -0.3 is 0 Å². The minimum atomic E-state index is -0.0676. The molecule has 2 rings (SSSR count). The second-order valence-corrected chi connectivity index (χ2v) is 4.62. The van der Waals surface area contributed by atoms with Crippen LogP contribution in [0.2, 0.25) is 0 Å². The zero-order valence-corrected chi connectivity index (χ0v) is 9.51. The Kier molecular flexibility index (Phi) is 2.39. The molecule has 0 spiro atoms. The fourth-order valence-corrected chi connectivity index (χ4v) is 2.95. The summed E-state index contributed by atoms with van der Waals surface area (Å²) in [5.41, 5.74) is 0.776. The van der Waals surface area contributed by atoms with Gasteiger partial charge in [-0.25, -0.2) is 4.39 Å². The molecule has 0 aliphatic heterocycles. The van der Waals surface area contributed by atoms with E-state index in [4.69, 9.17) is 0 Å². The van der Waals surface area contributed by atoms with E-state index in [2.05, 4.69) is 15.9 Å². The van der Waals surface area contributed by atoms with Crippen molar-refractivity contribution in [2.24, 2.45) is 0 Å². The van der Waals surface area contributed by atoms with Gasteiger partial charge in [-0.05, 0) is 45.4 Å². The summed E-state index contributed by atoms with van der Waals surface area (Å²) >= 11 is 5.01. The van der Waals surface area contributed by atoms with E-state index in [-0.39, 0.29) is 5.82 Å². The lowest BCUT2D eigenvalue weighted by Gasteiger charge is -2.02. The number of aryl methyl sites for hydroxylation is 1. The predicted molar refractivity (Wildman–Crippen MR) is 58.9 cm³/mol. The van der Waals surface area contributed by atoms with Crippen molar-refractivity contribution in [3.8, 4) is 0 Å². The molecule has 0 saturated carbocycles. The molecule has 0 amide bonds. The third kappa shape index (κ3) is 1.40. The average molecular weight is 259 g/mol. The highest BCUT2D eigenvalue weighted by atomic mass is 79.9. The molecule has 0 N–H and O–H groups in total. The van der Waals surface area contributed by atoms with Gasteiger partial charge in [0.25, 0.3) is 0 Å². The summed E-state index contributed by atoms with van der Waals surface area (Å²) in [5, 5.41) is 2.65. The van der Waals surface area contributed by atoms with E-state index in [1.165, 1.54) is 0 Å². The zero-order chi connectivity index (χ0) is 9.42. The van der Waals surface area contributed by atoms with Crippen LogP contribution in [0.25, 0.3) is 10.1 Å². The number of hydrogen-bond acceptors (Lipinski definition) is 1. The first-order valence-electron chi connectivity index (χ1n) is 4.08. The molecule has 0 aliphatic rings. The molecule has 0 aliphatic carbocycles. The molecule has 0 fully saturated rings. The van der Waals surface area contributed by atoms with E-state index in [1.807, 2.05) is 24.4 Å².